The van der Waals surface area contributed by atoms with Gasteiger partial charge in [0.25, 0.3) is 0 Å². The van der Waals surface area contributed by atoms with E-state index < -0.39 is 10.0 Å². The molecule has 0 unspecified atom stereocenters. The van der Waals surface area contributed by atoms with Crippen LogP contribution >= 0.6 is 0 Å². The minimum Gasteiger partial charge on any atom is -0.465 e. The molecule has 22 heavy (non-hydrogen) atoms. The van der Waals surface area contributed by atoms with Gasteiger partial charge in [0.1, 0.15) is 11.5 Å². The van der Waals surface area contributed by atoms with Crippen molar-refractivity contribution in [2.24, 2.45) is 5.92 Å². The summed E-state index contributed by atoms with van der Waals surface area (Å²) >= 11 is 0. The molecule has 2 heterocycles. The third-order valence-corrected chi connectivity index (χ3v) is 6.26. The largest absolute Gasteiger partial charge is 0.465 e. The second-order valence-corrected chi connectivity index (χ2v) is 8.46. The fourth-order valence-corrected chi connectivity index (χ4v) is 4.64. The van der Waals surface area contributed by atoms with E-state index >= 15 is 0 Å². The summed E-state index contributed by atoms with van der Waals surface area (Å²) < 4.78 is 31.7. The van der Waals surface area contributed by atoms with Crippen LogP contribution in [0.4, 0.5) is 0 Å². The van der Waals surface area contributed by atoms with Crippen molar-refractivity contribution < 1.29 is 12.8 Å². The molecule has 0 atom stereocenters. The van der Waals surface area contributed by atoms with E-state index in [1.165, 1.54) is 0 Å². The van der Waals surface area contributed by atoms with Crippen molar-refractivity contribution in [2.75, 3.05) is 18.8 Å². The van der Waals surface area contributed by atoms with Crippen LogP contribution in [0.2, 0.25) is 0 Å². The summed E-state index contributed by atoms with van der Waals surface area (Å²) in [5.41, 5.74) is 0. The van der Waals surface area contributed by atoms with Crippen LogP contribution in [-0.2, 0) is 23.0 Å². The number of hydrogen-bond donors (Lipinski definition) is 1. The fraction of sp³-hybridized carbons (Fsp3) is 0.750. The molecule has 0 bridgehead atoms. The third kappa shape index (κ3) is 4.83. The lowest BCUT2D eigenvalue weighted by Crippen LogP contribution is -2.45. The van der Waals surface area contributed by atoms with E-state index in [1.54, 1.807) is 4.31 Å². The van der Waals surface area contributed by atoms with Gasteiger partial charge in [0, 0.05) is 25.6 Å². The molecule has 2 rings (SSSR count). The van der Waals surface area contributed by atoms with Crippen LogP contribution in [0.25, 0.3) is 0 Å². The second-order valence-electron chi connectivity index (χ2n) is 6.45. The lowest BCUT2D eigenvalue weighted by atomic mass is 10.1. The van der Waals surface area contributed by atoms with Crippen LogP contribution in [0.3, 0.4) is 0 Å². The predicted octanol–water partition coefficient (Wildman–Crippen LogP) is 2.38. The number of rotatable bonds is 7. The molecule has 1 aliphatic rings. The van der Waals surface area contributed by atoms with E-state index in [0.717, 1.165) is 30.8 Å². The van der Waals surface area contributed by atoms with Gasteiger partial charge >= 0.3 is 0 Å². The van der Waals surface area contributed by atoms with Gasteiger partial charge in [-0.2, -0.15) is 0 Å². The Hall–Kier alpha value is -0.850. The van der Waals surface area contributed by atoms with Gasteiger partial charge in [0.05, 0.1) is 12.3 Å². The number of nitrogens with zero attached hydrogens (tertiary/aromatic N) is 1. The van der Waals surface area contributed by atoms with Gasteiger partial charge < -0.3 is 9.73 Å². The quantitative estimate of drug-likeness (QED) is 0.835. The zero-order chi connectivity index (χ0) is 16.2. The first-order chi connectivity index (χ1) is 10.4. The van der Waals surface area contributed by atoms with E-state index in [-0.39, 0.29) is 11.7 Å². The van der Waals surface area contributed by atoms with Gasteiger partial charge in [-0.15, -0.1) is 0 Å². The number of sulfonamides is 1. The molecule has 0 aromatic carbocycles. The minimum atomic E-state index is -3.09. The van der Waals surface area contributed by atoms with Crippen LogP contribution in [0, 0.1) is 5.92 Å². The van der Waals surface area contributed by atoms with Crippen LogP contribution in [0.15, 0.2) is 16.5 Å². The van der Waals surface area contributed by atoms with Crippen molar-refractivity contribution in [1.82, 2.24) is 9.62 Å². The zero-order valence-electron chi connectivity index (χ0n) is 13.8. The Morgan fingerprint density at radius 2 is 1.91 bits per heavy atom. The molecule has 0 saturated carbocycles. The molecular weight excluding hydrogens is 300 g/mol. The minimum absolute atomic E-state index is 0.174. The summed E-state index contributed by atoms with van der Waals surface area (Å²) in [6, 6.07) is 4.38. The van der Waals surface area contributed by atoms with Gasteiger partial charge in [0.15, 0.2) is 0 Å². The highest BCUT2D eigenvalue weighted by atomic mass is 32.2. The topological polar surface area (TPSA) is 62.6 Å². The molecule has 1 N–H and O–H groups in total. The standard InChI is InChI=1S/C16H28N2O3S/c1-4-15-5-6-16(21-15)11-17-14-7-9-18(10-8-14)22(19,20)12-13(2)3/h5-6,13-14,17H,4,7-12H2,1-3H3. The maximum Gasteiger partial charge on any atom is 0.214 e. The third-order valence-electron chi connectivity index (χ3n) is 4.02. The molecule has 5 nitrogen and oxygen atoms in total. The summed E-state index contributed by atoms with van der Waals surface area (Å²) in [7, 11) is -3.09. The van der Waals surface area contributed by atoms with E-state index in [1.807, 2.05) is 26.0 Å². The van der Waals surface area contributed by atoms with E-state index in [2.05, 4.69) is 12.2 Å². The van der Waals surface area contributed by atoms with Crippen LogP contribution in [-0.4, -0.2) is 37.6 Å². The highest BCUT2D eigenvalue weighted by molar-refractivity contribution is 7.89. The Morgan fingerprint density at radius 3 is 2.45 bits per heavy atom. The normalized spacial score (nSPS) is 18.2. The molecule has 0 radical (unpaired) electrons. The summed E-state index contributed by atoms with van der Waals surface area (Å²) in [4.78, 5) is 0. The number of furan rings is 1. The smallest absolute Gasteiger partial charge is 0.214 e. The average molecular weight is 328 g/mol. The van der Waals surface area contributed by atoms with E-state index in [4.69, 9.17) is 4.42 Å². The Morgan fingerprint density at radius 1 is 1.27 bits per heavy atom. The molecule has 1 fully saturated rings. The zero-order valence-corrected chi connectivity index (χ0v) is 14.7. The number of hydrogen-bond acceptors (Lipinski definition) is 4. The average Bonchev–Trinajstić information content (AvgIpc) is 2.92. The molecule has 126 valence electrons. The summed E-state index contributed by atoms with van der Waals surface area (Å²) in [5, 5.41) is 3.47. The van der Waals surface area contributed by atoms with Crippen LogP contribution < -0.4 is 5.32 Å². The maximum atomic E-state index is 12.2. The van der Waals surface area contributed by atoms with Crippen molar-refractivity contribution in [3.05, 3.63) is 23.7 Å². The summed E-state index contributed by atoms with van der Waals surface area (Å²) in [6.07, 6.45) is 2.63. The molecule has 1 saturated heterocycles. The molecule has 0 aliphatic carbocycles. The maximum absolute atomic E-state index is 12.2. The van der Waals surface area contributed by atoms with Gasteiger partial charge in [0.2, 0.25) is 10.0 Å². The summed E-state index contributed by atoms with van der Waals surface area (Å²) in [6.45, 7) is 7.91. The number of nitrogens with one attached hydrogen (secondary N) is 1. The van der Waals surface area contributed by atoms with Gasteiger partial charge in [-0.1, -0.05) is 20.8 Å². The molecule has 1 aromatic rings. The van der Waals surface area contributed by atoms with Gasteiger partial charge in [-0.25, -0.2) is 12.7 Å². The first-order valence-electron chi connectivity index (χ1n) is 8.19. The van der Waals surface area contributed by atoms with Crippen molar-refractivity contribution in [3.63, 3.8) is 0 Å². The summed E-state index contributed by atoms with van der Waals surface area (Å²) in [5.74, 6) is 2.38. The van der Waals surface area contributed by atoms with Crippen molar-refractivity contribution >= 4 is 10.0 Å². The molecular formula is C16H28N2O3S. The van der Waals surface area contributed by atoms with E-state index in [9.17, 15) is 8.42 Å². The lowest BCUT2D eigenvalue weighted by molar-refractivity contribution is 0.282. The van der Waals surface area contributed by atoms with Crippen LogP contribution in [0.1, 0.15) is 45.1 Å². The van der Waals surface area contributed by atoms with Crippen LogP contribution in [0.5, 0.6) is 0 Å². The monoisotopic (exact) mass is 328 g/mol. The molecule has 1 aliphatic heterocycles. The van der Waals surface area contributed by atoms with Crippen molar-refractivity contribution in [3.8, 4) is 0 Å². The van der Waals surface area contributed by atoms with Crippen molar-refractivity contribution in [2.45, 2.75) is 52.6 Å². The highest BCUT2D eigenvalue weighted by Gasteiger charge is 2.28. The Kier molecular flexibility index (Phi) is 6.06. The van der Waals surface area contributed by atoms with Gasteiger partial charge in [-0.05, 0) is 30.9 Å². The van der Waals surface area contributed by atoms with E-state index in [0.29, 0.717) is 25.7 Å². The molecule has 6 heteroatoms. The molecule has 0 spiro atoms. The first-order valence-corrected chi connectivity index (χ1v) is 9.80. The number of aryl methyl sites for hydroxylation is 1. The Balaban J connectivity index is 1.77. The van der Waals surface area contributed by atoms with Gasteiger partial charge in [-0.3, -0.25) is 0 Å². The Bertz CT molecular complexity index is 558. The predicted molar refractivity (Wildman–Crippen MR) is 88.1 cm³/mol. The Labute approximate surface area is 134 Å². The second kappa shape index (κ2) is 7.62. The highest BCUT2D eigenvalue weighted by Crippen LogP contribution is 2.17. The fourth-order valence-electron chi connectivity index (χ4n) is 2.82. The SMILES string of the molecule is CCc1ccc(CNC2CCN(S(=O)(=O)CC(C)C)CC2)o1. The lowest BCUT2D eigenvalue weighted by Gasteiger charge is -2.32. The van der Waals surface area contributed by atoms with Crippen molar-refractivity contribution in [1.29, 1.82) is 0 Å². The first kappa shape index (κ1) is 17.5. The number of piperidine rings is 1. The molecule has 0 amide bonds. The molecule has 1 aromatic heterocycles.